The second-order valence-corrected chi connectivity index (χ2v) is 2.83. The van der Waals surface area contributed by atoms with Crippen LogP contribution in [0.1, 0.15) is 16.1 Å². The molecule has 0 N–H and O–H groups in total. The first kappa shape index (κ1) is 7.98. The number of furan rings is 1. The number of para-hydroxylation sites is 1. The van der Waals surface area contributed by atoms with E-state index >= 15 is 0 Å². The summed E-state index contributed by atoms with van der Waals surface area (Å²) in [6, 6.07) is 4.62. The molecule has 2 nitrogen and oxygen atoms in total. The fourth-order valence-corrected chi connectivity index (χ4v) is 1.34. The largest absolute Gasteiger partial charge is 0.450 e. The normalized spacial score (nSPS) is 10.6. The van der Waals surface area contributed by atoms with E-state index < -0.39 is 5.82 Å². The molecular weight excluding hydrogens is 171 g/mol. The third-order valence-corrected chi connectivity index (χ3v) is 2.06. The van der Waals surface area contributed by atoms with E-state index in [1.807, 2.05) is 0 Å². The Balaban J connectivity index is 2.91. The highest BCUT2D eigenvalue weighted by atomic mass is 19.1. The van der Waals surface area contributed by atoms with Crippen molar-refractivity contribution in [2.75, 3.05) is 0 Å². The molecule has 0 aliphatic heterocycles. The number of halogens is 1. The first-order valence-corrected chi connectivity index (χ1v) is 3.87. The van der Waals surface area contributed by atoms with Crippen molar-refractivity contribution in [3.63, 3.8) is 0 Å². The Morgan fingerprint density at radius 2 is 2.23 bits per heavy atom. The quantitative estimate of drug-likeness (QED) is 0.628. The lowest BCUT2D eigenvalue weighted by Gasteiger charge is -1.88. The lowest BCUT2D eigenvalue weighted by atomic mass is 10.1. The zero-order valence-electron chi connectivity index (χ0n) is 7.00. The van der Waals surface area contributed by atoms with Crippen LogP contribution in [0.2, 0.25) is 0 Å². The van der Waals surface area contributed by atoms with Crippen LogP contribution < -0.4 is 0 Å². The zero-order chi connectivity index (χ0) is 9.42. The van der Waals surface area contributed by atoms with Crippen LogP contribution in [-0.4, -0.2) is 6.29 Å². The molecule has 0 aliphatic rings. The predicted molar refractivity (Wildman–Crippen MR) is 46.3 cm³/mol. The Morgan fingerprint density at radius 1 is 1.46 bits per heavy atom. The molecule has 0 saturated heterocycles. The molecule has 0 radical (unpaired) electrons. The number of fused-ring (bicyclic) bond motifs is 1. The van der Waals surface area contributed by atoms with Crippen LogP contribution in [0.4, 0.5) is 4.39 Å². The number of rotatable bonds is 1. The maximum atomic E-state index is 13.1. The van der Waals surface area contributed by atoms with Crippen molar-refractivity contribution in [3.05, 3.63) is 35.3 Å². The number of aldehydes is 1. The molecular formula is C10H7FO2. The Labute approximate surface area is 74.0 Å². The molecule has 2 rings (SSSR count). The van der Waals surface area contributed by atoms with Crippen molar-refractivity contribution in [1.82, 2.24) is 0 Å². The highest BCUT2D eigenvalue weighted by Gasteiger charge is 2.11. The van der Waals surface area contributed by atoms with Crippen LogP contribution in [0.25, 0.3) is 11.0 Å². The summed E-state index contributed by atoms with van der Waals surface area (Å²) < 4.78 is 18.1. The van der Waals surface area contributed by atoms with Gasteiger partial charge in [-0.25, -0.2) is 4.39 Å². The van der Waals surface area contributed by atoms with Crippen LogP contribution >= 0.6 is 0 Å². The van der Waals surface area contributed by atoms with Crippen molar-refractivity contribution in [3.8, 4) is 0 Å². The van der Waals surface area contributed by atoms with Crippen LogP contribution in [0.5, 0.6) is 0 Å². The van der Waals surface area contributed by atoms with Crippen LogP contribution in [-0.2, 0) is 0 Å². The highest BCUT2D eigenvalue weighted by molar-refractivity contribution is 5.89. The van der Waals surface area contributed by atoms with E-state index in [0.29, 0.717) is 17.2 Å². The molecule has 1 aromatic carbocycles. The molecule has 0 fully saturated rings. The second-order valence-electron chi connectivity index (χ2n) is 2.83. The summed E-state index contributed by atoms with van der Waals surface area (Å²) in [4.78, 5) is 10.5. The molecule has 0 unspecified atom stereocenters. The van der Waals surface area contributed by atoms with Gasteiger partial charge in [-0.15, -0.1) is 0 Å². The van der Waals surface area contributed by atoms with Gasteiger partial charge in [0.25, 0.3) is 0 Å². The lowest BCUT2D eigenvalue weighted by Crippen LogP contribution is -1.76. The average Bonchev–Trinajstić information content (AvgIpc) is 2.45. The molecule has 0 aliphatic carbocycles. The molecule has 0 saturated carbocycles. The number of hydrogen-bond acceptors (Lipinski definition) is 2. The van der Waals surface area contributed by atoms with Gasteiger partial charge in [0.15, 0.2) is 23.4 Å². The second kappa shape index (κ2) is 2.69. The summed E-state index contributed by atoms with van der Waals surface area (Å²) >= 11 is 0. The van der Waals surface area contributed by atoms with Gasteiger partial charge in [-0.3, -0.25) is 4.79 Å². The van der Waals surface area contributed by atoms with Gasteiger partial charge < -0.3 is 4.42 Å². The van der Waals surface area contributed by atoms with E-state index in [2.05, 4.69) is 0 Å². The van der Waals surface area contributed by atoms with Gasteiger partial charge in [0.2, 0.25) is 0 Å². The van der Waals surface area contributed by atoms with Gasteiger partial charge >= 0.3 is 0 Å². The minimum Gasteiger partial charge on any atom is -0.450 e. The third-order valence-electron chi connectivity index (χ3n) is 2.06. The highest BCUT2D eigenvalue weighted by Crippen LogP contribution is 2.25. The summed E-state index contributed by atoms with van der Waals surface area (Å²) in [5.41, 5.74) is 0.839. The van der Waals surface area contributed by atoms with Crippen molar-refractivity contribution in [2.45, 2.75) is 6.92 Å². The van der Waals surface area contributed by atoms with Crippen LogP contribution in [0, 0.1) is 12.7 Å². The molecule has 66 valence electrons. The Morgan fingerprint density at radius 3 is 2.85 bits per heavy atom. The molecule has 1 heterocycles. The molecule has 13 heavy (non-hydrogen) atoms. The smallest absolute Gasteiger partial charge is 0.185 e. The number of carbonyl (C=O) groups is 1. The number of hydrogen-bond donors (Lipinski definition) is 0. The maximum Gasteiger partial charge on any atom is 0.185 e. The molecule has 0 amide bonds. The van der Waals surface area contributed by atoms with E-state index in [1.165, 1.54) is 6.07 Å². The van der Waals surface area contributed by atoms with Crippen LogP contribution in [0.3, 0.4) is 0 Å². The summed E-state index contributed by atoms with van der Waals surface area (Å²) in [6.07, 6.45) is 0.592. The zero-order valence-corrected chi connectivity index (χ0v) is 7.00. The first-order valence-electron chi connectivity index (χ1n) is 3.87. The number of carbonyl (C=O) groups excluding carboxylic acids is 1. The van der Waals surface area contributed by atoms with E-state index in [4.69, 9.17) is 4.42 Å². The van der Waals surface area contributed by atoms with Gasteiger partial charge in [-0.1, -0.05) is 12.1 Å². The first-order chi connectivity index (χ1) is 6.24. The fraction of sp³-hybridized carbons (Fsp3) is 0.100. The molecule has 1 aromatic heterocycles. The number of aryl methyl sites for hydroxylation is 1. The van der Waals surface area contributed by atoms with Crippen LogP contribution in [0.15, 0.2) is 22.6 Å². The van der Waals surface area contributed by atoms with Crippen molar-refractivity contribution >= 4 is 17.3 Å². The summed E-state index contributed by atoms with van der Waals surface area (Å²) in [6.45, 7) is 1.73. The number of benzene rings is 1. The minimum absolute atomic E-state index is 0.155. The SMILES string of the molecule is Cc1c(C=O)oc2c(F)cccc12. The molecule has 0 bridgehead atoms. The van der Waals surface area contributed by atoms with E-state index in [0.717, 1.165) is 0 Å². The van der Waals surface area contributed by atoms with Crippen molar-refractivity contribution < 1.29 is 13.6 Å². The minimum atomic E-state index is -0.436. The van der Waals surface area contributed by atoms with E-state index in [-0.39, 0.29) is 11.3 Å². The average molecular weight is 178 g/mol. The summed E-state index contributed by atoms with van der Waals surface area (Å²) in [7, 11) is 0. The van der Waals surface area contributed by atoms with Gasteiger partial charge in [0.05, 0.1) is 0 Å². The maximum absolute atomic E-state index is 13.1. The Kier molecular flexibility index (Phi) is 1.65. The van der Waals surface area contributed by atoms with Crippen molar-refractivity contribution in [2.24, 2.45) is 0 Å². The summed E-state index contributed by atoms with van der Waals surface area (Å²) in [5, 5.41) is 0.655. The van der Waals surface area contributed by atoms with Gasteiger partial charge in [0.1, 0.15) is 0 Å². The Bertz CT molecular complexity index is 471. The van der Waals surface area contributed by atoms with E-state index in [1.54, 1.807) is 19.1 Å². The standard InChI is InChI=1S/C10H7FO2/c1-6-7-3-2-4-8(11)10(7)13-9(6)5-12/h2-5H,1H3. The third kappa shape index (κ3) is 1.04. The lowest BCUT2D eigenvalue weighted by molar-refractivity contribution is 0.110. The molecule has 3 heteroatoms. The molecule has 2 aromatic rings. The fourth-order valence-electron chi connectivity index (χ4n) is 1.34. The monoisotopic (exact) mass is 178 g/mol. The summed E-state index contributed by atoms with van der Waals surface area (Å²) in [5.74, 6) is -0.242. The topological polar surface area (TPSA) is 30.2 Å². The Hall–Kier alpha value is -1.64. The van der Waals surface area contributed by atoms with Crippen molar-refractivity contribution in [1.29, 1.82) is 0 Å². The predicted octanol–water partition coefficient (Wildman–Crippen LogP) is 2.69. The molecule has 0 spiro atoms. The van der Waals surface area contributed by atoms with Gasteiger partial charge in [-0.2, -0.15) is 0 Å². The van der Waals surface area contributed by atoms with Gasteiger partial charge in [0, 0.05) is 10.9 Å². The molecule has 0 atom stereocenters. The van der Waals surface area contributed by atoms with Gasteiger partial charge in [-0.05, 0) is 13.0 Å². The van der Waals surface area contributed by atoms with E-state index in [9.17, 15) is 9.18 Å².